The molecule has 1 heterocycles. The van der Waals surface area contributed by atoms with E-state index in [9.17, 15) is 9.59 Å². The predicted molar refractivity (Wildman–Crippen MR) is 66.1 cm³/mol. The number of hydrogen-bond acceptors (Lipinski definition) is 4. The van der Waals surface area contributed by atoms with Gasteiger partial charge in [-0.15, -0.1) is 0 Å². The number of amides is 1. The molecule has 0 radical (unpaired) electrons. The largest absolute Gasteiger partial charge is 0.453 e. The quantitative estimate of drug-likeness (QED) is 0.846. The van der Waals surface area contributed by atoms with Crippen molar-refractivity contribution in [2.45, 2.75) is 26.3 Å². The number of Topliss-reactive ketones (excluding diaryl/α,β-unsaturated/α-hetero) is 1. The van der Waals surface area contributed by atoms with Crippen LogP contribution < -0.4 is 5.32 Å². The van der Waals surface area contributed by atoms with Crippen LogP contribution in [0.4, 0.5) is 4.79 Å². The highest BCUT2D eigenvalue weighted by atomic mass is 16.5. The van der Waals surface area contributed by atoms with E-state index in [0.29, 0.717) is 6.42 Å². The summed E-state index contributed by atoms with van der Waals surface area (Å²) in [6, 6.07) is -0.604. The summed E-state index contributed by atoms with van der Waals surface area (Å²) >= 11 is 0. The fourth-order valence-electron chi connectivity index (χ4n) is 1.61. The molecule has 0 aliphatic heterocycles. The van der Waals surface area contributed by atoms with Gasteiger partial charge < -0.3 is 14.6 Å². The Hall–Kier alpha value is -1.85. The molecule has 100 valence electrons. The van der Waals surface area contributed by atoms with Crippen LogP contribution in [-0.2, 0) is 23.0 Å². The summed E-state index contributed by atoms with van der Waals surface area (Å²) in [5, 5.41) is 2.55. The van der Waals surface area contributed by atoms with E-state index in [2.05, 4.69) is 15.0 Å². The molecule has 1 amide bonds. The van der Waals surface area contributed by atoms with Gasteiger partial charge in [-0.2, -0.15) is 0 Å². The predicted octanol–water partition coefficient (Wildman–Crippen LogP) is 0.912. The smallest absolute Gasteiger partial charge is 0.407 e. The number of aryl methyl sites for hydroxylation is 1. The Labute approximate surface area is 106 Å². The highest BCUT2D eigenvalue weighted by Gasteiger charge is 2.24. The molecule has 1 aromatic rings. The van der Waals surface area contributed by atoms with Crippen molar-refractivity contribution >= 4 is 11.9 Å². The van der Waals surface area contributed by atoms with Gasteiger partial charge in [0.2, 0.25) is 0 Å². The van der Waals surface area contributed by atoms with E-state index in [1.165, 1.54) is 7.11 Å². The number of rotatable bonds is 5. The number of hydrogen-bond donors (Lipinski definition) is 1. The summed E-state index contributed by atoms with van der Waals surface area (Å²) in [5.74, 6) is -0.193. The van der Waals surface area contributed by atoms with E-state index in [0.717, 1.165) is 5.69 Å². The van der Waals surface area contributed by atoms with E-state index in [1.807, 2.05) is 13.2 Å². The van der Waals surface area contributed by atoms with Crippen LogP contribution in [0.15, 0.2) is 12.5 Å². The van der Waals surface area contributed by atoms with E-state index >= 15 is 0 Å². The number of methoxy groups -OCH3 is 1. The van der Waals surface area contributed by atoms with Crippen LogP contribution in [0, 0.1) is 5.92 Å². The maximum Gasteiger partial charge on any atom is 0.407 e. The Kier molecular flexibility index (Phi) is 4.88. The summed E-state index contributed by atoms with van der Waals surface area (Å²) in [6.45, 7) is 3.60. The first kappa shape index (κ1) is 14.2. The number of carbonyl (C=O) groups excluding carboxylic acids is 2. The van der Waals surface area contributed by atoms with Gasteiger partial charge >= 0.3 is 6.09 Å². The first-order chi connectivity index (χ1) is 8.43. The molecule has 6 heteroatoms. The summed E-state index contributed by atoms with van der Waals surface area (Å²) in [4.78, 5) is 27.4. The van der Waals surface area contributed by atoms with Gasteiger partial charge in [-0.25, -0.2) is 9.78 Å². The molecule has 0 bridgehead atoms. The highest BCUT2D eigenvalue weighted by molar-refractivity contribution is 5.88. The summed E-state index contributed by atoms with van der Waals surface area (Å²) in [7, 11) is 3.12. The maximum absolute atomic E-state index is 12.0. The van der Waals surface area contributed by atoms with E-state index < -0.39 is 12.1 Å². The fourth-order valence-corrected chi connectivity index (χ4v) is 1.61. The standard InChI is InChI=1S/C12H19N3O3/c1-8(2)11(16)10(14-12(17)18-4)5-9-6-15(3)7-13-9/h6-8,10H,5H2,1-4H3,(H,14,17)/t10-/m0/s1. The third-order valence-corrected chi connectivity index (χ3v) is 2.56. The average Bonchev–Trinajstić information content (AvgIpc) is 2.72. The Morgan fingerprint density at radius 3 is 2.61 bits per heavy atom. The lowest BCUT2D eigenvalue weighted by molar-refractivity contribution is -0.123. The van der Waals surface area contributed by atoms with Crippen LogP contribution in [0.3, 0.4) is 0 Å². The van der Waals surface area contributed by atoms with Gasteiger partial charge in [0.1, 0.15) is 0 Å². The molecule has 1 rings (SSSR count). The molecule has 1 N–H and O–H groups in total. The Morgan fingerprint density at radius 2 is 2.17 bits per heavy atom. The lowest BCUT2D eigenvalue weighted by Gasteiger charge is -2.17. The zero-order valence-electron chi connectivity index (χ0n) is 11.1. The highest BCUT2D eigenvalue weighted by Crippen LogP contribution is 2.07. The normalized spacial score (nSPS) is 12.3. The molecular weight excluding hydrogens is 234 g/mol. The van der Waals surface area contributed by atoms with E-state index in [-0.39, 0.29) is 11.7 Å². The van der Waals surface area contributed by atoms with Gasteiger partial charge in [0.15, 0.2) is 5.78 Å². The molecule has 0 aliphatic carbocycles. The van der Waals surface area contributed by atoms with Gasteiger partial charge in [-0.05, 0) is 0 Å². The maximum atomic E-state index is 12.0. The first-order valence-corrected chi connectivity index (χ1v) is 5.79. The number of nitrogens with one attached hydrogen (secondary N) is 1. The zero-order chi connectivity index (χ0) is 13.7. The molecule has 1 atom stereocenters. The minimum Gasteiger partial charge on any atom is -0.453 e. The fraction of sp³-hybridized carbons (Fsp3) is 0.583. The molecule has 18 heavy (non-hydrogen) atoms. The molecule has 0 aromatic carbocycles. The number of ether oxygens (including phenoxy) is 1. The minimum absolute atomic E-state index is 0.0361. The number of ketones is 1. The summed E-state index contributed by atoms with van der Waals surface area (Å²) < 4.78 is 6.32. The van der Waals surface area contributed by atoms with Crippen molar-refractivity contribution in [1.82, 2.24) is 14.9 Å². The van der Waals surface area contributed by atoms with Crippen LogP contribution in [0.2, 0.25) is 0 Å². The van der Waals surface area contributed by atoms with Crippen LogP contribution in [0.1, 0.15) is 19.5 Å². The lowest BCUT2D eigenvalue weighted by atomic mass is 9.98. The van der Waals surface area contributed by atoms with Gasteiger partial charge in [0.25, 0.3) is 0 Å². The van der Waals surface area contributed by atoms with E-state index in [1.54, 1.807) is 24.7 Å². The number of aromatic nitrogens is 2. The molecule has 1 aromatic heterocycles. The third kappa shape index (κ3) is 3.87. The molecule has 0 fully saturated rings. The Morgan fingerprint density at radius 1 is 1.50 bits per heavy atom. The summed E-state index contributed by atoms with van der Waals surface area (Å²) in [5.41, 5.74) is 0.757. The van der Waals surface area contributed by atoms with Gasteiger partial charge in [-0.1, -0.05) is 13.8 Å². The molecule has 0 aliphatic rings. The topological polar surface area (TPSA) is 73.2 Å². The molecule has 0 saturated heterocycles. The summed E-state index contributed by atoms with van der Waals surface area (Å²) in [6.07, 6.45) is 3.24. The third-order valence-electron chi connectivity index (χ3n) is 2.56. The number of nitrogens with zero attached hydrogens (tertiary/aromatic N) is 2. The van der Waals surface area contributed by atoms with Crippen molar-refractivity contribution in [2.75, 3.05) is 7.11 Å². The van der Waals surface area contributed by atoms with Crippen molar-refractivity contribution in [3.8, 4) is 0 Å². The number of alkyl carbamates (subject to hydrolysis) is 1. The van der Waals surface area contributed by atoms with Gasteiger partial charge in [0.05, 0.1) is 25.2 Å². The van der Waals surface area contributed by atoms with Crippen molar-refractivity contribution in [2.24, 2.45) is 13.0 Å². The average molecular weight is 253 g/mol. The molecule has 0 saturated carbocycles. The number of imidazole rings is 1. The Balaban J connectivity index is 2.77. The van der Waals surface area contributed by atoms with Crippen LogP contribution in [0.5, 0.6) is 0 Å². The van der Waals surface area contributed by atoms with Crippen molar-refractivity contribution in [3.63, 3.8) is 0 Å². The molecular formula is C12H19N3O3. The number of carbonyl (C=O) groups is 2. The molecule has 6 nitrogen and oxygen atoms in total. The van der Waals surface area contributed by atoms with Gasteiger partial charge in [0, 0.05) is 25.6 Å². The van der Waals surface area contributed by atoms with Crippen LogP contribution >= 0.6 is 0 Å². The molecule has 0 spiro atoms. The van der Waals surface area contributed by atoms with Crippen molar-refractivity contribution < 1.29 is 14.3 Å². The van der Waals surface area contributed by atoms with Gasteiger partial charge in [-0.3, -0.25) is 4.79 Å². The second kappa shape index (κ2) is 6.18. The monoisotopic (exact) mass is 253 g/mol. The van der Waals surface area contributed by atoms with Crippen LogP contribution in [-0.4, -0.2) is 34.6 Å². The zero-order valence-corrected chi connectivity index (χ0v) is 11.1. The van der Waals surface area contributed by atoms with E-state index in [4.69, 9.17) is 0 Å². The Bertz CT molecular complexity index is 426. The lowest BCUT2D eigenvalue weighted by Crippen LogP contribution is -2.44. The van der Waals surface area contributed by atoms with Crippen LogP contribution in [0.25, 0.3) is 0 Å². The first-order valence-electron chi connectivity index (χ1n) is 5.79. The SMILES string of the molecule is COC(=O)N[C@@H](Cc1cn(C)cn1)C(=O)C(C)C. The second-order valence-electron chi connectivity index (χ2n) is 4.48. The van der Waals surface area contributed by atoms with Crippen molar-refractivity contribution in [1.29, 1.82) is 0 Å². The van der Waals surface area contributed by atoms with Crippen molar-refractivity contribution in [3.05, 3.63) is 18.2 Å². The second-order valence-corrected chi connectivity index (χ2v) is 4.48. The molecule has 0 unspecified atom stereocenters. The minimum atomic E-state index is -0.607.